The normalized spacial score (nSPS) is 10.5. The first-order valence-corrected chi connectivity index (χ1v) is 7.44. The van der Waals surface area contributed by atoms with Gasteiger partial charge in [-0.15, -0.1) is 0 Å². The van der Waals surface area contributed by atoms with E-state index in [0.717, 1.165) is 35.2 Å². The molecule has 4 heteroatoms. The van der Waals surface area contributed by atoms with Crippen molar-refractivity contribution < 1.29 is 9.90 Å². The molecule has 0 saturated heterocycles. The Labute approximate surface area is 131 Å². The van der Waals surface area contributed by atoms with Gasteiger partial charge < -0.3 is 15.7 Å². The average Bonchev–Trinajstić information content (AvgIpc) is 2.58. The van der Waals surface area contributed by atoms with Crippen LogP contribution in [0.1, 0.15) is 27.0 Å². The predicted octanol–water partition coefficient (Wildman–Crippen LogP) is 1.87. The Morgan fingerprint density at radius 2 is 1.86 bits per heavy atom. The minimum Gasteiger partial charge on any atom is -0.392 e. The molecule has 3 N–H and O–H groups in total. The number of likely N-dealkylation sites (N-methyl/N-ethyl adjacent to an activating group) is 1. The van der Waals surface area contributed by atoms with Crippen LogP contribution in [-0.2, 0) is 19.6 Å². The minimum atomic E-state index is -0.0684. The molecule has 1 amide bonds. The predicted molar refractivity (Wildman–Crippen MR) is 87.6 cm³/mol. The highest BCUT2D eigenvalue weighted by Crippen LogP contribution is 2.10. The molecular weight excluding hydrogens is 276 g/mol. The van der Waals surface area contributed by atoms with Crippen LogP contribution in [0.15, 0.2) is 48.5 Å². The van der Waals surface area contributed by atoms with Gasteiger partial charge >= 0.3 is 0 Å². The van der Waals surface area contributed by atoms with Gasteiger partial charge in [-0.05, 0) is 42.8 Å². The van der Waals surface area contributed by atoms with E-state index in [2.05, 4.69) is 10.6 Å². The summed E-state index contributed by atoms with van der Waals surface area (Å²) in [6.07, 6.45) is 0.820. The van der Waals surface area contributed by atoms with Crippen LogP contribution < -0.4 is 10.6 Å². The van der Waals surface area contributed by atoms with Crippen LogP contribution in [0.3, 0.4) is 0 Å². The highest BCUT2D eigenvalue weighted by atomic mass is 16.3. The van der Waals surface area contributed by atoms with Gasteiger partial charge in [0.15, 0.2) is 0 Å². The number of amides is 1. The monoisotopic (exact) mass is 298 g/mol. The van der Waals surface area contributed by atoms with Crippen molar-refractivity contribution in [3.63, 3.8) is 0 Å². The van der Waals surface area contributed by atoms with Crippen LogP contribution >= 0.6 is 0 Å². The summed E-state index contributed by atoms with van der Waals surface area (Å²) in [6.45, 7) is 1.30. The summed E-state index contributed by atoms with van der Waals surface area (Å²) < 4.78 is 0. The Hall–Kier alpha value is -2.17. The highest BCUT2D eigenvalue weighted by Gasteiger charge is 2.10. The van der Waals surface area contributed by atoms with Crippen molar-refractivity contribution in [3.8, 4) is 0 Å². The van der Waals surface area contributed by atoms with E-state index < -0.39 is 0 Å². The summed E-state index contributed by atoms with van der Waals surface area (Å²) in [6, 6.07) is 15.2. The molecule has 116 valence electrons. The fourth-order valence-corrected chi connectivity index (χ4v) is 2.34. The second kappa shape index (κ2) is 8.32. The van der Waals surface area contributed by atoms with Crippen LogP contribution in [0.2, 0.25) is 0 Å². The first kappa shape index (κ1) is 16.2. The second-order valence-electron chi connectivity index (χ2n) is 5.17. The molecule has 0 aliphatic carbocycles. The molecule has 2 aromatic carbocycles. The number of rotatable bonds is 7. The SMILES string of the molecule is CNCCc1ccccc1C(=O)NCc1cccc(CO)c1. The van der Waals surface area contributed by atoms with Crippen molar-refractivity contribution in [1.82, 2.24) is 10.6 Å². The fourth-order valence-electron chi connectivity index (χ4n) is 2.34. The van der Waals surface area contributed by atoms with E-state index in [1.807, 2.05) is 55.6 Å². The molecule has 0 aromatic heterocycles. The second-order valence-corrected chi connectivity index (χ2v) is 5.17. The molecular formula is C18H22N2O2. The van der Waals surface area contributed by atoms with Crippen LogP contribution in [-0.4, -0.2) is 24.6 Å². The zero-order chi connectivity index (χ0) is 15.8. The lowest BCUT2D eigenvalue weighted by Gasteiger charge is -2.10. The molecule has 0 spiro atoms. The molecule has 2 aromatic rings. The van der Waals surface area contributed by atoms with Crippen LogP contribution in [0, 0.1) is 0 Å². The summed E-state index contributed by atoms with van der Waals surface area (Å²) in [5.74, 6) is -0.0684. The number of benzene rings is 2. The van der Waals surface area contributed by atoms with E-state index in [1.54, 1.807) is 0 Å². The summed E-state index contributed by atoms with van der Waals surface area (Å²) in [5, 5.41) is 15.2. The van der Waals surface area contributed by atoms with Gasteiger partial charge in [0.2, 0.25) is 0 Å². The van der Waals surface area contributed by atoms with E-state index in [1.165, 1.54) is 0 Å². The zero-order valence-electron chi connectivity index (χ0n) is 12.8. The molecule has 22 heavy (non-hydrogen) atoms. The quantitative estimate of drug-likeness (QED) is 0.731. The summed E-state index contributed by atoms with van der Waals surface area (Å²) in [5.41, 5.74) is 3.59. The van der Waals surface area contributed by atoms with Gasteiger partial charge in [-0.3, -0.25) is 4.79 Å². The zero-order valence-corrected chi connectivity index (χ0v) is 12.8. The summed E-state index contributed by atoms with van der Waals surface area (Å²) >= 11 is 0. The Morgan fingerprint density at radius 3 is 2.64 bits per heavy atom. The van der Waals surface area contributed by atoms with Crippen LogP contribution in [0.5, 0.6) is 0 Å². The number of hydrogen-bond donors (Lipinski definition) is 3. The Balaban J connectivity index is 2.02. The van der Waals surface area contributed by atoms with Crippen molar-refractivity contribution in [2.45, 2.75) is 19.6 Å². The maximum absolute atomic E-state index is 12.4. The van der Waals surface area contributed by atoms with Crippen LogP contribution in [0.25, 0.3) is 0 Å². The molecule has 0 bridgehead atoms. The van der Waals surface area contributed by atoms with Crippen LogP contribution in [0.4, 0.5) is 0 Å². The van der Waals surface area contributed by atoms with Gasteiger partial charge in [0, 0.05) is 12.1 Å². The van der Waals surface area contributed by atoms with Crippen molar-refractivity contribution in [2.75, 3.05) is 13.6 Å². The van der Waals surface area contributed by atoms with Gasteiger partial charge in [0.1, 0.15) is 0 Å². The van der Waals surface area contributed by atoms with Gasteiger partial charge in [0.25, 0.3) is 5.91 Å². The number of carbonyl (C=O) groups excluding carboxylic acids is 1. The van der Waals surface area contributed by atoms with Gasteiger partial charge in [-0.2, -0.15) is 0 Å². The van der Waals surface area contributed by atoms with Gasteiger partial charge in [-0.1, -0.05) is 42.5 Å². The van der Waals surface area contributed by atoms with E-state index in [9.17, 15) is 4.79 Å². The lowest BCUT2D eigenvalue weighted by atomic mass is 10.0. The average molecular weight is 298 g/mol. The largest absolute Gasteiger partial charge is 0.392 e. The molecule has 0 atom stereocenters. The number of carbonyl (C=O) groups is 1. The van der Waals surface area contributed by atoms with Crippen molar-refractivity contribution in [2.24, 2.45) is 0 Å². The molecule has 0 saturated carbocycles. The lowest BCUT2D eigenvalue weighted by molar-refractivity contribution is 0.0950. The molecule has 0 aliphatic rings. The van der Waals surface area contributed by atoms with Crippen molar-refractivity contribution >= 4 is 5.91 Å². The topological polar surface area (TPSA) is 61.4 Å². The molecule has 4 nitrogen and oxygen atoms in total. The number of nitrogens with one attached hydrogen (secondary N) is 2. The first-order valence-electron chi connectivity index (χ1n) is 7.44. The molecule has 0 unspecified atom stereocenters. The Kier molecular flexibility index (Phi) is 6.13. The minimum absolute atomic E-state index is 0.00857. The summed E-state index contributed by atoms with van der Waals surface area (Å²) in [7, 11) is 1.90. The molecule has 0 radical (unpaired) electrons. The lowest BCUT2D eigenvalue weighted by Crippen LogP contribution is -2.24. The smallest absolute Gasteiger partial charge is 0.251 e. The third kappa shape index (κ3) is 4.41. The molecule has 0 aliphatic heterocycles. The summed E-state index contributed by atoms with van der Waals surface area (Å²) in [4.78, 5) is 12.4. The van der Waals surface area contributed by atoms with E-state index >= 15 is 0 Å². The van der Waals surface area contributed by atoms with E-state index in [-0.39, 0.29) is 12.5 Å². The highest BCUT2D eigenvalue weighted by molar-refractivity contribution is 5.95. The number of aliphatic hydroxyl groups is 1. The maximum Gasteiger partial charge on any atom is 0.251 e. The van der Waals surface area contributed by atoms with E-state index in [0.29, 0.717) is 6.54 Å². The third-order valence-corrected chi connectivity index (χ3v) is 3.53. The first-order chi connectivity index (χ1) is 10.7. The Bertz CT molecular complexity index is 626. The van der Waals surface area contributed by atoms with Gasteiger partial charge in [0.05, 0.1) is 6.61 Å². The molecule has 0 heterocycles. The Morgan fingerprint density at radius 1 is 1.09 bits per heavy atom. The molecule has 2 rings (SSSR count). The van der Waals surface area contributed by atoms with E-state index in [4.69, 9.17) is 5.11 Å². The van der Waals surface area contributed by atoms with Gasteiger partial charge in [-0.25, -0.2) is 0 Å². The van der Waals surface area contributed by atoms with Crippen molar-refractivity contribution in [1.29, 1.82) is 0 Å². The standard InChI is InChI=1S/C18H22N2O2/c1-19-10-9-16-7-2-3-8-17(16)18(22)20-12-14-5-4-6-15(11-14)13-21/h2-8,11,19,21H,9-10,12-13H2,1H3,(H,20,22). The molecule has 0 fully saturated rings. The van der Waals surface area contributed by atoms with Crippen molar-refractivity contribution in [3.05, 3.63) is 70.8 Å². The maximum atomic E-state index is 12.4. The number of hydrogen-bond acceptors (Lipinski definition) is 3. The third-order valence-electron chi connectivity index (χ3n) is 3.53. The fraction of sp³-hybridized carbons (Fsp3) is 0.278. The number of aliphatic hydroxyl groups excluding tert-OH is 1.